The minimum atomic E-state index is 0.525. The van der Waals surface area contributed by atoms with Gasteiger partial charge in [0.15, 0.2) is 5.96 Å². The number of aliphatic imine (C=N–C) groups is 1. The van der Waals surface area contributed by atoms with Gasteiger partial charge in [0.05, 0.1) is 6.54 Å². The van der Waals surface area contributed by atoms with Gasteiger partial charge in [-0.3, -0.25) is 4.90 Å². The summed E-state index contributed by atoms with van der Waals surface area (Å²) in [7, 11) is 0. The number of nitrogens with one attached hydrogen (secondary N) is 2. The van der Waals surface area contributed by atoms with Crippen molar-refractivity contribution in [3.8, 4) is 0 Å². The molecular formula is C23H41N5. The Morgan fingerprint density at radius 3 is 2.36 bits per heavy atom. The van der Waals surface area contributed by atoms with Crippen LogP contribution in [0.15, 0.2) is 29.3 Å². The number of rotatable bonds is 10. The summed E-state index contributed by atoms with van der Waals surface area (Å²) < 4.78 is 0. The Labute approximate surface area is 172 Å². The molecule has 0 aliphatic carbocycles. The summed E-state index contributed by atoms with van der Waals surface area (Å²) in [5.41, 5.74) is 2.71. The van der Waals surface area contributed by atoms with E-state index in [1.54, 1.807) is 0 Å². The molecule has 1 saturated heterocycles. The molecule has 2 rings (SSSR count). The molecule has 0 bridgehead atoms. The maximum Gasteiger partial charge on any atom is 0.191 e. The number of benzene rings is 1. The first kappa shape index (κ1) is 22.7. The lowest BCUT2D eigenvalue weighted by atomic mass is 10.1. The first-order chi connectivity index (χ1) is 13.7. The summed E-state index contributed by atoms with van der Waals surface area (Å²) >= 11 is 0. The lowest BCUT2D eigenvalue weighted by Gasteiger charge is -2.32. The van der Waals surface area contributed by atoms with Crippen molar-refractivity contribution in [1.29, 1.82) is 0 Å². The first-order valence-corrected chi connectivity index (χ1v) is 11.3. The van der Waals surface area contributed by atoms with E-state index in [4.69, 9.17) is 4.99 Å². The van der Waals surface area contributed by atoms with Crippen molar-refractivity contribution in [3.63, 3.8) is 0 Å². The zero-order valence-corrected chi connectivity index (χ0v) is 18.5. The largest absolute Gasteiger partial charge is 0.357 e. The Hall–Kier alpha value is -1.59. The molecule has 0 saturated carbocycles. The maximum absolute atomic E-state index is 4.92. The molecule has 1 aliphatic rings. The minimum absolute atomic E-state index is 0.525. The number of hydrogen-bond acceptors (Lipinski definition) is 3. The molecule has 1 aromatic carbocycles. The van der Waals surface area contributed by atoms with Crippen molar-refractivity contribution in [2.45, 2.75) is 66.1 Å². The van der Waals surface area contributed by atoms with Gasteiger partial charge in [-0.1, -0.05) is 45.0 Å². The molecular weight excluding hydrogens is 346 g/mol. The maximum atomic E-state index is 4.92. The summed E-state index contributed by atoms with van der Waals surface area (Å²) in [6.45, 7) is 17.2. The fourth-order valence-electron chi connectivity index (χ4n) is 3.85. The van der Waals surface area contributed by atoms with Crippen LogP contribution in [0.2, 0.25) is 0 Å². The molecule has 5 nitrogen and oxygen atoms in total. The van der Waals surface area contributed by atoms with Crippen molar-refractivity contribution in [3.05, 3.63) is 35.4 Å². The summed E-state index contributed by atoms with van der Waals surface area (Å²) in [4.78, 5) is 9.94. The highest BCUT2D eigenvalue weighted by Gasteiger charge is 2.19. The van der Waals surface area contributed by atoms with Gasteiger partial charge < -0.3 is 15.5 Å². The topological polar surface area (TPSA) is 42.9 Å². The van der Waals surface area contributed by atoms with Gasteiger partial charge in [-0.05, 0) is 56.9 Å². The van der Waals surface area contributed by atoms with Gasteiger partial charge in [0.2, 0.25) is 0 Å². The standard InChI is InChI=1S/C23H41N5/c1-5-15-28-16-13-22(14-17-28)26-23(24-6-2)25-18-20-11-9-10-12-21(20)19-27(7-3)8-4/h9-12,22H,5-8,13-19H2,1-4H3,(H2,24,25,26). The van der Waals surface area contributed by atoms with Crippen LogP contribution in [-0.4, -0.2) is 61.1 Å². The zero-order chi connectivity index (χ0) is 20.2. The quantitative estimate of drug-likeness (QED) is 0.477. The summed E-state index contributed by atoms with van der Waals surface area (Å²) in [5, 5.41) is 7.11. The SMILES string of the molecule is CCCN1CCC(NC(=NCc2ccccc2CN(CC)CC)NCC)CC1. The molecule has 1 aliphatic heterocycles. The molecule has 158 valence electrons. The van der Waals surface area contributed by atoms with Crippen molar-refractivity contribution in [1.82, 2.24) is 20.4 Å². The third-order valence-electron chi connectivity index (χ3n) is 5.63. The van der Waals surface area contributed by atoms with Crippen LogP contribution >= 0.6 is 0 Å². The number of piperidine rings is 1. The zero-order valence-electron chi connectivity index (χ0n) is 18.5. The predicted octanol–water partition coefficient (Wildman–Crippen LogP) is 3.46. The minimum Gasteiger partial charge on any atom is -0.357 e. The van der Waals surface area contributed by atoms with Crippen molar-refractivity contribution >= 4 is 5.96 Å². The van der Waals surface area contributed by atoms with Crippen LogP contribution in [0.4, 0.5) is 0 Å². The van der Waals surface area contributed by atoms with E-state index in [9.17, 15) is 0 Å². The average Bonchev–Trinajstić information content (AvgIpc) is 2.72. The smallest absolute Gasteiger partial charge is 0.191 e. The molecule has 5 heteroatoms. The van der Waals surface area contributed by atoms with Gasteiger partial charge in [-0.25, -0.2) is 4.99 Å². The van der Waals surface area contributed by atoms with Crippen LogP contribution < -0.4 is 10.6 Å². The van der Waals surface area contributed by atoms with Gasteiger partial charge in [0, 0.05) is 32.2 Å². The van der Waals surface area contributed by atoms with Crippen molar-refractivity contribution in [2.24, 2.45) is 4.99 Å². The number of hydrogen-bond donors (Lipinski definition) is 2. The number of likely N-dealkylation sites (tertiary alicyclic amines) is 1. The second-order valence-electron chi connectivity index (χ2n) is 7.69. The summed E-state index contributed by atoms with van der Waals surface area (Å²) in [6, 6.07) is 9.25. The number of guanidine groups is 1. The van der Waals surface area contributed by atoms with Crippen LogP contribution in [0, 0.1) is 0 Å². The second-order valence-corrected chi connectivity index (χ2v) is 7.69. The highest BCUT2D eigenvalue weighted by Crippen LogP contribution is 2.14. The van der Waals surface area contributed by atoms with E-state index in [1.165, 1.54) is 50.0 Å². The van der Waals surface area contributed by atoms with E-state index in [0.717, 1.165) is 38.7 Å². The van der Waals surface area contributed by atoms with Crippen LogP contribution in [-0.2, 0) is 13.1 Å². The molecule has 0 unspecified atom stereocenters. The van der Waals surface area contributed by atoms with E-state index < -0.39 is 0 Å². The highest BCUT2D eigenvalue weighted by molar-refractivity contribution is 5.80. The van der Waals surface area contributed by atoms with Gasteiger partial charge in [0.1, 0.15) is 0 Å². The van der Waals surface area contributed by atoms with Crippen LogP contribution in [0.1, 0.15) is 58.1 Å². The Kier molecular flexibility index (Phi) is 10.4. The lowest BCUT2D eigenvalue weighted by Crippen LogP contribution is -2.48. The van der Waals surface area contributed by atoms with Crippen molar-refractivity contribution < 1.29 is 0 Å². The van der Waals surface area contributed by atoms with E-state index >= 15 is 0 Å². The molecule has 28 heavy (non-hydrogen) atoms. The molecule has 1 aromatic rings. The third kappa shape index (κ3) is 7.44. The van der Waals surface area contributed by atoms with Gasteiger partial charge in [0.25, 0.3) is 0 Å². The Bertz CT molecular complexity index is 574. The molecule has 0 spiro atoms. The molecule has 2 N–H and O–H groups in total. The van der Waals surface area contributed by atoms with Crippen LogP contribution in [0.25, 0.3) is 0 Å². The van der Waals surface area contributed by atoms with Gasteiger partial charge in [-0.2, -0.15) is 0 Å². The monoisotopic (exact) mass is 387 g/mol. The molecule has 0 aromatic heterocycles. The van der Waals surface area contributed by atoms with Gasteiger partial charge >= 0.3 is 0 Å². The molecule has 0 radical (unpaired) electrons. The van der Waals surface area contributed by atoms with E-state index in [0.29, 0.717) is 6.04 Å². The third-order valence-corrected chi connectivity index (χ3v) is 5.63. The normalized spacial score (nSPS) is 16.5. The average molecular weight is 388 g/mol. The summed E-state index contributed by atoms with van der Waals surface area (Å²) in [6.07, 6.45) is 3.64. The highest BCUT2D eigenvalue weighted by atomic mass is 15.2. The van der Waals surface area contributed by atoms with E-state index in [-0.39, 0.29) is 0 Å². The predicted molar refractivity (Wildman–Crippen MR) is 121 cm³/mol. The van der Waals surface area contributed by atoms with E-state index in [1.807, 2.05) is 0 Å². The van der Waals surface area contributed by atoms with Gasteiger partial charge in [-0.15, -0.1) is 0 Å². The van der Waals surface area contributed by atoms with Crippen LogP contribution in [0.3, 0.4) is 0 Å². The second kappa shape index (κ2) is 12.8. The fourth-order valence-corrected chi connectivity index (χ4v) is 3.85. The van der Waals surface area contributed by atoms with Crippen molar-refractivity contribution in [2.75, 3.05) is 39.3 Å². The summed E-state index contributed by atoms with van der Waals surface area (Å²) in [5.74, 6) is 0.953. The fraction of sp³-hybridized carbons (Fsp3) is 0.696. The van der Waals surface area contributed by atoms with E-state index in [2.05, 4.69) is 72.4 Å². The molecule has 1 heterocycles. The Balaban J connectivity index is 1.97. The number of nitrogens with zero attached hydrogens (tertiary/aromatic N) is 3. The molecule has 1 fully saturated rings. The first-order valence-electron chi connectivity index (χ1n) is 11.3. The lowest BCUT2D eigenvalue weighted by molar-refractivity contribution is 0.206. The molecule has 0 atom stereocenters. The molecule has 0 amide bonds. The Morgan fingerprint density at radius 2 is 1.75 bits per heavy atom. The van der Waals surface area contributed by atoms with Crippen LogP contribution in [0.5, 0.6) is 0 Å². The Morgan fingerprint density at radius 1 is 1.07 bits per heavy atom.